The number of ether oxygens (including phenoxy) is 1. The molecular formula is C15H29N3O. The lowest BCUT2D eigenvalue weighted by atomic mass is 10.00. The molecule has 4 nitrogen and oxygen atoms in total. The Morgan fingerprint density at radius 3 is 2.74 bits per heavy atom. The fourth-order valence-electron chi connectivity index (χ4n) is 4.29. The van der Waals surface area contributed by atoms with E-state index in [1.54, 1.807) is 0 Å². The minimum Gasteiger partial charge on any atom is -0.374 e. The third kappa shape index (κ3) is 2.68. The lowest BCUT2D eigenvalue weighted by Gasteiger charge is -2.47. The second-order valence-corrected chi connectivity index (χ2v) is 6.70. The summed E-state index contributed by atoms with van der Waals surface area (Å²) in [5, 5.41) is 0. The first-order valence-corrected chi connectivity index (χ1v) is 8.04. The van der Waals surface area contributed by atoms with E-state index in [9.17, 15) is 0 Å². The highest BCUT2D eigenvalue weighted by Gasteiger charge is 2.40. The first kappa shape index (κ1) is 13.8. The largest absolute Gasteiger partial charge is 0.374 e. The number of fused-ring (bicyclic) bond motifs is 1. The summed E-state index contributed by atoms with van der Waals surface area (Å²) in [5.41, 5.74) is 6.09. The zero-order chi connectivity index (χ0) is 13.4. The Kier molecular flexibility index (Phi) is 4.13. The van der Waals surface area contributed by atoms with Crippen LogP contribution in [0.3, 0.4) is 0 Å². The molecule has 0 amide bonds. The van der Waals surface area contributed by atoms with Crippen molar-refractivity contribution in [2.75, 3.05) is 26.2 Å². The number of nitrogens with zero attached hydrogens (tertiary/aromatic N) is 2. The van der Waals surface area contributed by atoms with Crippen molar-refractivity contribution in [2.45, 2.75) is 69.9 Å². The van der Waals surface area contributed by atoms with Crippen molar-refractivity contribution in [3.8, 4) is 0 Å². The summed E-state index contributed by atoms with van der Waals surface area (Å²) in [6.45, 7) is 8.98. The van der Waals surface area contributed by atoms with E-state index in [0.29, 0.717) is 24.3 Å². The Labute approximate surface area is 117 Å². The summed E-state index contributed by atoms with van der Waals surface area (Å²) < 4.78 is 6.09. The van der Waals surface area contributed by atoms with E-state index in [-0.39, 0.29) is 0 Å². The first-order chi connectivity index (χ1) is 9.19. The Morgan fingerprint density at radius 2 is 2.05 bits per heavy atom. The molecule has 0 aromatic carbocycles. The maximum atomic E-state index is 6.09. The molecule has 3 aliphatic rings. The molecule has 110 valence electrons. The molecule has 0 aromatic heterocycles. The molecule has 0 aliphatic carbocycles. The van der Waals surface area contributed by atoms with Gasteiger partial charge in [0.05, 0.1) is 12.2 Å². The summed E-state index contributed by atoms with van der Waals surface area (Å²) in [6.07, 6.45) is 5.88. The zero-order valence-corrected chi connectivity index (χ0v) is 12.4. The van der Waals surface area contributed by atoms with Gasteiger partial charge < -0.3 is 10.5 Å². The summed E-state index contributed by atoms with van der Waals surface area (Å²) >= 11 is 0. The molecule has 5 atom stereocenters. The molecule has 2 N–H and O–H groups in total. The molecule has 3 saturated heterocycles. The molecule has 0 saturated carbocycles. The molecule has 0 aromatic rings. The van der Waals surface area contributed by atoms with Crippen molar-refractivity contribution in [2.24, 2.45) is 5.73 Å². The van der Waals surface area contributed by atoms with Gasteiger partial charge in [-0.25, -0.2) is 0 Å². The van der Waals surface area contributed by atoms with Crippen LogP contribution in [0, 0.1) is 0 Å². The van der Waals surface area contributed by atoms with Crippen LogP contribution in [0.25, 0.3) is 0 Å². The molecule has 0 spiro atoms. The maximum Gasteiger partial charge on any atom is 0.0747 e. The molecule has 3 heterocycles. The monoisotopic (exact) mass is 267 g/mol. The number of rotatable bonds is 3. The minimum atomic E-state index is 0.357. The van der Waals surface area contributed by atoms with E-state index in [1.807, 2.05) is 0 Å². The molecule has 5 unspecified atom stereocenters. The Bertz CT molecular complexity index is 312. The van der Waals surface area contributed by atoms with Crippen molar-refractivity contribution in [3.63, 3.8) is 0 Å². The average Bonchev–Trinajstić information content (AvgIpc) is 2.99. The van der Waals surface area contributed by atoms with Gasteiger partial charge in [0.2, 0.25) is 0 Å². The van der Waals surface area contributed by atoms with Crippen LogP contribution >= 0.6 is 0 Å². The molecule has 3 aliphatic heterocycles. The summed E-state index contributed by atoms with van der Waals surface area (Å²) in [5.74, 6) is 0. The predicted molar refractivity (Wildman–Crippen MR) is 77.2 cm³/mol. The van der Waals surface area contributed by atoms with Gasteiger partial charge in [-0.1, -0.05) is 0 Å². The van der Waals surface area contributed by atoms with Gasteiger partial charge in [0, 0.05) is 37.8 Å². The van der Waals surface area contributed by atoms with Crippen molar-refractivity contribution < 1.29 is 4.74 Å². The number of hydrogen-bond acceptors (Lipinski definition) is 4. The summed E-state index contributed by atoms with van der Waals surface area (Å²) in [7, 11) is 0. The predicted octanol–water partition coefficient (Wildman–Crippen LogP) is 1.05. The van der Waals surface area contributed by atoms with E-state index in [1.165, 1.54) is 45.3 Å². The lowest BCUT2D eigenvalue weighted by Crippen LogP contribution is -2.62. The number of hydrogen-bond donors (Lipinski definition) is 1. The van der Waals surface area contributed by atoms with Crippen LogP contribution in [0.1, 0.15) is 39.5 Å². The Hall–Kier alpha value is -0.160. The highest BCUT2D eigenvalue weighted by molar-refractivity contribution is 4.96. The van der Waals surface area contributed by atoms with Crippen molar-refractivity contribution in [3.05, 3.63) is 0 Å². The molecule has 0 bridgehead atoms. The first-order valence-electron chi connectivity index (χ1n) is 8.04. The van der Waals surface area contributed by atoms with Gasteiger partial charge in [-0.3, -0.25) is 9.80 Å². The Morgan fingerprint density at radius 1 is 1.21 bits per heavy atom. The number of piperazine rings is 1. The third-order valence-corrected chi connectivity index (χ3v) is 5.35. The smallest absolute Gasteiger partial charge is 0.0747 e. The van der Waals surface area contributed by atoms with Crippen LogP contribution in [0.2, 0.25) is 0 Å². The van der Waals surface area contributed by atoms with Gasteiger partial charge in [0.15, 0.2) is 0 Å². The fraction of sp³-hybridized carbons (Fsp3) is 1.00. The number of nitrogens with two attached hydrogens (primary N) is 1. The van der Waals surface area contributed by atoms with Gasteiger partial charge >= 0.3 is 0 Å². The molecule has 4 heteroatoms. The van der Waals surface area contributed by atoms with E-state index < -0.39 is 0 Å². The van der Waals surface area contributed by atoms with E-state index in [2.05, 4.69) is 23.6 Å². The topological polar surface area (TPSA) is 41.7 Å². The van der Waals surface area contributed by atoms with Crippen molar-refractivity contribution in [1.82, 2.24) is 9.80 Å². The highest BCUT2D eigenvalue weighted by Crippen LogP contribution is 2.30. The summed E-state index contributed by atoms with van der Waals surface area (Å²) in [4.78, 5) is 5.32. The molecule has 19 heavy (non-hydrogen) atoms. The van der Waals surface area contributed by atoms with Crippen molar-refractivity contribution >= 4 is 0 Å². The average molecular weight is 267 g/mol. The van der Waals surface area contributed by atoms with Crippen LogP contribution in [0.5, 0.6) is 0 Å². The van der Waals surface area contributed by atoms with Gasteiger partial charge in [0.1, 0.15) is 0 Å². The van der Waals surface area contributed by atoms with Crippen LogP contribution in [-0.2, 0) is 4.74 Å². The van der Waals surface area contributed by atoms with Crippen LogP contribution in [-0.4, -0.2) is 66.3 Å². The third-order valence-electron chi connectivity index (χ3n) is 5.35. The van der Waals surface area contributed by atoms with Gasteiger partial charge in [-0.05, 0) is 46.1 Å². The van der Waals surface area contributed by atoms with Gasteiger partial charge in [-0.2, -0.15) is 0 Å². The lowest BCUT2D eigenvalue weighted by molar-refractivity contribution is -0.0443. The minimum absolute atomic E-state index is 0.357. The molecule has 3 fully saturated rings. The quantitative estimate of drug-likeness (QED) is 0.830. The van der Waals surface area contributed by atoms with Crippen LogP contribution in [0.4, 0.5) is 0 Å². The zero-order valence-electron chi connectivity index (χ0n) is 12.4. The highest BCUT2D eigenvalue weighted by atomic mass is 16.5. The molecular weight excluding hydrogens is 238 g/mol. The van der Waals surface area contributed by atoms with E-state index in [0.717, 1.165) is 12.6 Å². The molecule has 0 radical (unpaired) electrons. The maximum absolute atomic E-state index is 6.09. The van der Waals surface area contributed by atoms with E-state index >= 15 is 0 Å². The Balaban J connectivity index is 1.68. The van der Waals surface area contributed by atoms with Gasteiger partial charge in [0.25, 0.3) is 0 Å². The normalized spacial score (nSPS) is 42.5. The SMILES string of the molecule is CC1CCC(C(CN)N2CC3CCCN3CC2C)O1. The van der Waals surface area contributed by atoms with Crippen molar-refractivity contribution in [1.29, 1.82) is 0 Å². The standard InChI is InChI=1S/C15H29N3O/c1-11-9-17-7-3-4-13(17)10-18(11)14(8-16)15-6-5-12(2)19-15/h11-15H,3-10,16H2,1-2H3. The van der Waals surface area contributed by atoms with E-state index in [4.69, 9.17) is 10.5 Å². The fourth-order valence-corrected chi connectivity index (χ4v) is 4.29. The summed E-state index contributed by atoms with van der Waals surface area (Å²) in [6, 6.07) is 1.80. The van der Waals surface area contributed by atoms with Gasteiger partial charge in [-0.15, -0.1) is 0 Å². The second-order valence-electron chi connectivity index (χ2n) is 6.70. The second kappa shape index (κ2) is 5.68. The van der Waals surface area contributed by atoms with Crippen LogP contribution in [0.15, 0.2) is 0 Å². The molecule has 3 rings (SSSR count). The van der Waals surface area contributed by atoms with Crippen LogP contribution < -0.4 is 5.73 Å².